The highest BCUT2D eigenvalue weighted by Crippen LogP contribution is 2.19. The molecule has 0 aromatic heterocycles. The number of carbonyl (C=O) groups excluding carboxylic acids is 1. The third-order valence-corrected chi connectivity index (χ3v) is 3.10. The van der Waals surface area contributed by atoms with Gasteiger partial charge in [-0.05, 0) is 54.7 Å². The van der Waals surface area contributed by atoms with E-state index in [0.717, 1.165) is 0 Å². The summed E-state index contributed by atoms with van der Waals surface area (Å²) in [5, 5.41) is 6.11. The van der Waals surface area contributed by atoms with Crippen LogP contribution in [0.3, 0.4) is 0 Å². The van der Waals surface area contributed by atoms with Gasteiger partial charge in [-0.2, -0.15) is 0 Å². The van der Waals surface area contributed by atoms with Gasteiger partial charge in [-0.25, -0.2) is 4.39 Å². The lowest BCUT2D eigenvalue weighted by atomic mass is 10.2. The molecule has 0 saturated heterocycles. The number of hydrogen-bond donors (Lipinski definition) is 3. The molecular formula is C14H11ClFN3OS. The molecule has 0 saturated carbocycles. The molecule has 0 aliphatic heterocycles. The van der Waals surface area contributed by atoms with Crippen molar-refractivity contribution in [3.05, 3.63) is 58.9 Å². The molecule has 7 heteroatoms. The Morgan fingerprint density at radius 2 is 1.67 bits per heavy atom. The van der Waals surface area contributed by atoms with E-state index in [4.69, 9.17) is 29.6 Å². The maximum absolute atomic E-state index is 13.0. The predicted octanol–water partition coefficient (Wildman–Crippen LogP) is 3.39. The Morgan fingerprint density at radius 1 is 1.10 bits per heavy atom. The Bertz CT molecular complexity index is 691. The molecule has 0 radical (unpaired) electrons. The number of carbonyl (C=O) groups is 1. The van der Waals surface area contributed by atoms with Crippen molar-refractivity contribution in [2.75, 3.05) is 10.6 Å². The highest BCUT2D eigenvalue weighted by molar-refractivity contribution is 7.80. The highest BCUT2D eigenvalue weighted by Gasteiger charge is 2.04. The zero-order chi connectivity index (χ0) is 15.4. The third-order valence-electron chi connectivity index (χ3n) is 2.60. The summed E-state index contributed by atoms with van der Waals surface area (Å²) in [6.45, 7) is 0. The molecule has 2 aromatic rings. The average Bonchev–Trinajstić information content (AvgIpc) is 2.43. The smallest absolute Gasteiger partial charge is 0.248 e. The standard InChI is InChI=1S/C14H11ClFN3OS/c15-11-7-10(5-6-12(11)16)19-14(21)18-9-3-1-8(2-4-9)13(17)20/h1-7H,(H2,17,20)(H2,18,19,21). The molecule has 108 valence electrons. The van der Waals surface area contributed by atoms with Crippen LogP contribution in [0.5, 0.6) is 0 Å². The van der Waals surface area contributed by atoms with Crippen LogP contribution in [0.2, 0.25) is 5.02 Å². The van der Waals surface area contributed by atoms with E-state index in [1.165, 1.54) is 18.2 Å². The molecule has 2 aromatic carbocycles. The van der Waals surface area contributed by atoms with Crippen LogP contribution in [0, 0.1) is 5.82 Å². The van der Waals surface area contributed by atoms with Gasteiger partial charge in [0.05, 0.1) is 5.02 Å². The number of anilines is 2. The highest BCUT2D eigenvalue weighted by atomic mass is 35.5. The Balaban J connectivity index is 2.01. The SMILES string of the molecule is NC(=O)c1ccc(NC(=S)Nc2ccc(F)c(Cl)c2)cc1. The first-order valence-electron chi connectivity index (χ1n) is 5.88. The summed E-state index contributed by atoms with van der Waals surface area (Å²) in [6.07, 6.45) is 0. The van der Waals surface area contributed by atoms with Crippen molar-refractivity contribution in [3.8, 4) is 0 Å². The van der Waals surface area contributed by atoms with Gasteiger partial charge >= 0.3 is 0 Å². The molecule has 4 nitrogen and oxygen atoms in total. The predicted molar refractivity (Wildman–Crippen MR) is 86.2 cm³/mol. The van der Waals surface area contributed by atoms with E-state index < -0.39 is 11.7 Å². The molecule has 0 bridgehead atoms. The minimum absolute atomic E-state index is 0.00797. The molecule has 1 amide bonds. The Morgan fingerprint density at radius 3 is 2.24 bits per heavy atom. The monoisotopic (exact) mass is 323 g/mol. The van der Waals surface area contributed by atoms with Gasteiger partial charge in [0, 0.05) is 16.9 Å². The van der Waals surface area contributed by atoms with E-state index in [-0.39, 0.29) is 5.02 Å². The molecule has 4 N–H and O–H groups in total. The van der Waals surface area contributed by atoms with E-state index >= 15 is 0 Å². The molecule has 0 aliphatic carbocycles. The molecule has 21 heavy (non-hydrogen) atoms. The molecular weight excluding hydrogens is 313 g/mol. The van der Waals surface area contributed by atoms with Crippen LogP contribution in [-0.2, 0) is 0 Å². The summed E-state index contributed by atoms with van der Waals surface area (Å²) < 4.78 is 13.0. The number of rotatable bonds is 3. The molecule has 0 fully saturated rings. The van der Waals surface area contributed by atoms with E-state index in [9.17, 15) is 9.18 Å². The topological polar surface area (TPSA) is 67.2 Å². The number of amides is 1. The summed E-state index contributed by atoms with van der Waals surface area (Å²) in [5.74, 6) is -0.994. The Hall–Kier alpha value is -2.18. The molecule has 0 heterocycles. The lowest BCUT2D eigenvalue weighted by Crippen LogP contribution is -2.19. The van der Waals surface area contributed by atoms with Crippen LogP contribution >= 0.6 is 23.8 Å². The molecule has 0 aliphatic rings. The van der Waals surface area contributed by atoms with Crippen molar-refractivity contribution in [1.29, 1.82) is 0 Å². The van der Waals surface area contributed by atoms with Crippen molar-refractivity contribution in [3.63, 3.8) is 0 Å². The Kier molecular flexibility index (Phi) is 4.72. The van der Waals surface area contributed by atoms with Crippen molar-refractivity contribution >= 4 is 46.2 Å². The van der Waals surface area contributed by atoms with E-state index in [1.54, 1.807) is 24.3 Å². The van der Waals surface area contributed by atoms with Gasteiger partial charge in [0.1, 0.15) is 5.82 Å². The zero-order valence-electron chi connectivity index (χ0n) is 10.7. The van der Waals surface area contributed by atoms with Crippen LogP contribution in [0.15, 0.2) is 42.5 Å². The third kappa shape index (κ3) is 4.14. The van der Waals surface area contributed by atoms with E-state index in [1.807, 2.05) is 0 Å². The van der Waals surface area contributed by atoms with Gasteiger partial charge < -0.3 is 16.4 Å². The van der Waals surface area contributed by atoms with Gasteiger partial charge in [-0.3, -0.25) is 4.79 Å². The van der Waals surface area contributed by atoms with E-state index in [2.05, 4.69) is 10.6 Å². The fraction of sp³-hybridized carbons (Fsp3) is 0. The average molecular weight is 324 g/mol. The Labute approximate surface area is 131 Å². The van der Waals surface area contributed by atoms with Gasteiger partial charge in [0.2, 0.25) is 5.91 Å². The van der Waals surface area contributed by atoms with Gasteiger partial charge in [0.15, 0.2) is 5.11 Å². The second kappa shape index (κ2) is 6.51. The first kappa shape index (κ1) is 15.2. The minimum Gasteiger partial charge on any atom is -0.366 e. The number of primary amides is 1. The second-order valence-corrected chi connectivity index (χ2v) is 4.97. The zero-order valence-corrected chi connectivity index (χ0v) is 12.3. The van der Waals surface area contributed by atoms with Gasteiger partial charge in [0.25, 0.3) is 0 Å². The molecule has 0 unspecified atom stereocenters. The van der Waals surface area contributed by atoms with Gasteiger partial charge in [-0.1, -0.05) is 11.6 Å². The van der Waals surface area contributed by atoms with Crippen molar-refractivity contribution in [1.82, 2.24) is 0 Å². The number of nitrogens with two attached hydrogens (primary N) is 1. The van der Waals surface area contributed by atoms with Crippen molar-refractivity contribution in [2.24, 2.45) is 5.73 Å². The minimum atomic E-state index is -0.497. The number of hydrogen-bond acceptors (Lipinski definition) is 2. The number of benzene rings is 2. The van der Waals surface area contributed by atoms with Gasteiger partial charge in [-0.15, -0.1) is 0 Å². The normalized spacial score (nSPS) is 10.0. The fourth-order valence-electron chi connectivity index (χ4n) is 1.59. The van der Waals surface area contributed by atoms with Crippen molar-refractivity contribution in [2.45, 2.75) is 0 Å². The first-order chi connectivity index (χ1) is 9.95. The van der Waals surface area contributed by atoms with Crippen molar-refractivity contribution < 1.29 is 9.18 Å². The van der Waals surface area contributed by atoms with Crippen LogP contribution < -0.4 is 16.4 Å². The maximum atomic E-state index is 13.0. The molecule has 0 atom stereocenters. The van der Waals surface area contributed by atoms with Crippen LogP contribution in [0.1, 0.15) is 10.4 Å². The maximum Gasteiger partial charge on any atom is 0.248 e. The molecule has 0 spiro atoms. The summed E-state index contributed by atoms with van der Waals surface area (Å²) in [6, 6.07) is 10.7. The second-order valence-electron chi connectivity index (χ2n) is 4.15. The number of thiocarbonyl (C=S) groups is 1. The van der Waals surface area contributed by atoms with Crippen LogP contribution in [0.4, 0.5) is 15.8 Å². The molecule has 2 rings (SSSR count). The number of halogens is 2. The lowest BCUT2D eigenvalue weighted by molar-refractivity contribution is 0.100. The first-order valence-corrected chi connectivity index (χ1v) is 6.67. The lowest BCUT2D eigenvalue weighted by Gasteiger charge is -2.11. The summed E-state index contributed by atoms with van der Waals surface area (Å²) in [7, 11) is 0. The summed E-state index contributed by atoms with van der Waals surface area (Å²) >= 11 is 10.8. The number of nitrogens with one attached hydrogen (secondary N) is 2. The quantitative estimate of drug-likeness (QED) is 0.757. The van der Waals surface area contributed by atoms with Crippen LogP contribution in [-0.4, -0.2) is 11.0 Å². The summed E-state index contributed by atoms with van der Waals surface area (Å²) in [5.41, 5.74) is 6.81. The fourth-order valence-corrected chi connectivity index (χ4v) is 2.00. The summed E-state index contributed by atoms with van der Waals surface area (Å²) in [4.78, 5) is 11.0. The largest absolute Gasteiger partial charge is 0.366 e. The van der Waals surface area contributed by atoms with E-state index in [0.29, 0.717) is 22.1 Å². The van der Waals surface area contributed by atoms with Crippen LogP contribution in [0.25, 0.3) is 0 Å².